The largest absolute Gasteiger partial charge is 0.381 e. The Morgan fingerprint density at radius 1 is 1.23 bits per heavy atom. The molecule has 2 aliphatic rings. The lowest BCUT2D eigenvalue weighted by Gasteiger charge is -2.22. The summed E-state index contributed by atoms with van der Waals surface area (Å²) in [6.07, 6.45) is 1.57. The van der Waals surface area contributed by atoms with Crippen LogP contribution in [0.3, 0.4) is 0 Å². The summed E-state index contributed by atoms with van der Waals surface area (Å²) in [5, 5.41) is 0. The van der Waals surface area contributed by atoms with Gasteiger partial charge in [-0.05, 0) is 12.8 Å². The Balaban J connectivity index is 1.88. The van der Waals surface area contributed by atoms with Crippen molar-refractivity contribution < 1.29 is 13.2 Å². The fourth-order valence-electron chi connectivity index (χ4n) is 1.38. The van der Waals surface area contributed by atoms with Crippen molar-refractivity contribution in [3.8, 4) is 0 Å². The highest BCUT2D eigenvalue weighted by Crippen LogP contribution is 2.13. The first-order chi connectivity index (χ1) is 6.18. The van der Waals surface area contributed by atoms with E-state index in [1.807, 2.05) is 0 Å². The predicted octanol–water partition coefficient (Wildman–Crippen LogP) is -0.685. The summed E-state index contributed by atoms with van der Waals surface area (Å²) in [5.74, 6) is 0. The van der Waals surface area contributed by atoms with Gasteiger partial charge in [0.05, 0.1) is 0 Å². The van der Waals surface area contributed by atoms with Crippen molar-refractivity contribution in [2.24, 2.45) is 0 Å². The van der Waals surface area contributed by atoms with Crippen LogP contribution in [0.1, 0.15) is 12.8 Å². The van der Waals surface area contributed by atoms with Crippen LogP contribution in [-0.2, 0) is 14.9 Å². The van der Waals surface area contributed by atoms with Gasteiger partial charge in [-0.3, -0.25) is 0 Å². The molecule has 0 aromatic carbocycles. The van der Waals surface area contributed by atoms with Gasteiger partial charge in [-0.25, -0.2) is 0 Å². The molecule has 0 spiro atoms. The summed E-state index contributed by atoms with van der Waals surface area (Å²) >= 11 is 0. The van der Waals surface area contributed by atoms with Crippen LogP contribution in [0.15, 0.2) is 0 Å². The van der Waals surface area contributed by atoms with Crippen LogP contribution < -0.4 is 4.72 Å². The molecule has 0 atom stereocenters. The summed E-state index contributed by atoms with van der Waals surface area (Å²) in [4.78, 5) is 0. The number of rotatable bonds is 3. The summed E-state index contributed by atoms with van der Waals surface area (Å²) in [6, 6.07) is 0.0688. The van der Waals surface area contributed by atoms with E-state index in [0.717, 1.165) is 12.8 Å². The minimum Gasteiger partial charge on any atom is -0.381 e. The lowest BCUT2D eigenvalue weighted by atomic mass is 10.1. The molecule has 0 radical (unpaired) electrons. The van der Waals surface area contributed by atoms with Crippen molar-refractivity contribution in [2.75, 3.05) is 26.3 Å². The molecule has 2 heterocycles. The van der Waals surface area contributed by atoms with E-state index < -0.39 is 10.2 Å². The molecular formula is C7H14N2O3S. The number of nitrogens with one attached hydrogen (secondary N) is 1. The highest BCUT2D eigenvalue weighted by Gasteiger charge is 2.33. The summed E-state index contributed by atoms with van der Waals surface area (Å²) < 4.78 is 32.1. The van der Waals surface area contributed by atoms with Crippen molar-refractivity contribution in [3.63, 3.8) is 0 Å². The molecule has 0 aromatic heterocycles. The van der Waals surface area contributed by atoms with Crippen LogP contribution in [0, 0.1) is 0 Å². The smallest absolute Gasteiger partial charge is 0.279 e. The molecule has 0 amide bonds. The molecule has 0 unspecified atom stereocenters. The molecule has 2 aliphatic heterocycles. The maximum Gasteiger partial charge on any atom is 0.279 e. The van der Waals surface area contributed by atoms with Gasteiger partial charge in [-0.2, -0.15) is 17.4 Å². The second-order valence-electron chi connectivity index (χ2n) is 3.41. The Morgan fingerprint density at radius 3 is 2.38 bits per heavy atom. The zero-order valence-electron chi connectivity index (χ0n) is 7.40. The van der Waals surface area contributed by atoms with E-state index >= 15 is 0 Å². The molecule has 0 saturated carbocycles. The van der Waals surface area contributed by atoms with Gasteiger partial charge in [0, 0.05) is 32.3 Å². The van der Waals surface area contributed by atoms with Crippen LogP contribution in [0.5, 0.6) is 0 Å². The van der Waals surface area contributed by atoms with Crippen molar-refractivity contribution in [1.82, 2.24) is 9.03 Å². The van der Waals surface area contributed by atoms with Crippen molar-refractivity contribution >= 4 is 10.2 Å². The Labute approximate surface area is 78.2 Å². The van der Waals surface area contributed by atoms with E-state index in [-0.39, 0.29) is 6.04 Å². The topological polar surface area (TPSA) is 58.4 Å². The van der Waals surface area contributed by atoms with E-state index in [1.54, 1.807) is 0 Å². The monoisotopic (exact) mass is 206 g/mol. The molecule has 6 heteroatoms. The Bertz CT molecular complexity index is 267. The zero-order chi connectivity index (χ0) is 9.31. The molecule has 2 fully saturated rings. The zero-order valence-corrected chi connectivity index (χ0v) is 8.22. The second-order valence-corrected chi connectivity index (χ2v) is 5.11. The molecule has 5 nitrogen and oxygen atoms in total. The van der Waals surface area contributed by atoms with Crippen molar-refractivity contribution in [1.29, 1.82) is 0 Å². The fourth-order valence-corrected chi connectivity index (χ4v) is 2.75. The van der Waals surface area contributed by atoms with Crippen molar-refractivity contribution in [2.45, 2.75) is 18.9 Å². The normalized spacial score (nSPS) is 26.2. The Kier molecular flexibility index (Phi) is 2.55. The number of hydrogen-bond donors (Lipinski definition) is 1. The lowest BCUT2D eigenvalue weighted by Crippen LogP contribution is -2.41. The lowest BCUT2D eigenvalue weighted by molar-refractivity contribution is 0.0830. The van der Waals surface area contributed by atoms with Gasteiger partial charge < -0.3 is 4.74 Å². The van der Waals surface area contributed by atoms with E-state index in [4.69, 9.17) is 4.74 Å². The van der Waals surface area contributed by atoms with Crippen molar-refractivity contribution in [3.05, 3.63) is 0 Å². The van der Waals surface area contributed by atoms with E-state index in [0.29, 0.717) is 26.3 Å². The van der Waals surface area contributed by atoms with E-state index in [1.165, 1.54) is 4.31 Å². The third-order valence-corrected chi connectivity index (χ3v) is 3.96. The molecule has 2 saturated heterocycles. The Morgan fingerprint density at radius 2 is 1.85 bits per heavy atom. The van der Waals surface area contributed by atoms with Gasteiger partial charge in [0.25, 0.3) is 10.2 Å². The van der Waals surface area contributed by atoms with E-state index in [2.05, 4.69) is 4.72 Å². The second kappa shape index (κ2) is 3.53. The predicted molar refractivity (Wildman–Crippen MR) is 47.5 cm³/mol. The van der Waals surface area contributed by atoms with Crippen LogP contribution >= 0.6 is 0 Å². The van der Waals surface area contributed by atoms with Gasteiger partial charge in [-0.15, -0.1) is 0 Å². The quantitative estimate of drug-likeness (QED) is 0.622. The maximum atomic E-state index is 11.4. The summed E-state index contributed by atoms with van der Waals surface area (Å²) in [6.45, 7) is 2.65. The number of nitrogens with zero attached hydrogens (tertiary/aromatic N) is 1. The summed E-state index contributed by atoms with van der Waals surface area (Å²) in [7, 11) is -3.16. The first kappa shape index (κ1) is 9.39. The molecular weight excluding hydrogens is 192 g/mol. The van der Waals surface area contributed by atoms with Crippen LogP contribution in [0.2, 0.25) is 0 Å². The highest BCUT2D eigenvalue weighted by atomic mass is 32.2. The standard InChI is InChI=1S/C7H14N2O3S/c10-13(11,9-3-4-9)8-7-1-5-12-6-2-7/h7-8H,1-6H2. The minimum atomic E-state index is -3.16. The third kappa shape index (κ3) is 2.40. The van der Waals surface area contributed by atoms with Gasteiger partial charge in [0.2, 0.25) is 0 Å². The van der Waals surface area contributed by atoms with Gasteiger partial charge in [-0.1, -0.05) is 0 Å². The third-order valence-electron chi connectivity index (χ3n) is 2.28. The van der Waals surface area contributed by atoms with Crippen LogP contribution in [-0.4, -0.2) is 45.1 Å². The van der Waals surface area contributed by atoms with Gasteiger partial charge in [0.1, 0.15) is 0 Å². The SMILES string of the molecule is O=S(=O)(NC1CCOCC1)N1CC1. The molecule has 0 bridgehead atoms. The average molecular weight is 206 g/mol. The molecule has 13 heavy (non-hydrogen) atoms. The molecule has 1 N–H and O–H groups in total. The number of hydrogen-bond acceptors (Lipinski definition) is 3. The first-order valence-electron chi connectivity index (χ1n) is 4.54. The first-order valence-corrected chi connectivity index (χ1v) is 5.98. The molecule has 0 aliphatic carbocycles. The maximum absolute atomic E-state index is 11.4. The summed E-state index contributed by atoms with van der Waals surface area (Å²) in [5.41, 5.74) is 0. The van der Waals surface area contributed by atoms with Gasteiger partial charge in [0.15, 0.2) is 0 Å². The molecule has 76 valence electrons. The van der Waals surface area contributed by atoms with Crippen LogP contribution in [0.25, 0.3) is 0 Å². The molecule has 0 aromatic rings. The Hall–Kier alpha value is -0.170. The molecule has 2 rings (SSSR count). The highest BCUT2D eigenvalue weighted by molar-refractivity contribution is 7.87. The average Bonchev–Trinajstić information content (AvgIpc) is 2.87. The van der Waals surface area contributed by atoms with E-state index in [9.17, 15) is 8.42 Å². The number of ether oxygens (including phenoxy) is 1. The fraction of sp³-hybridized carbons (Fsp3) is 1.00. The van der Waals surface area contributed by atoms with Gasteiger partial charge >= 0.3 is 0 Å². The van der Waals surface area contributed by atoms with Crippen LogP contribution in [0.4, 0.5) is 0 Å². The minimum absolute atomic E-state index is 0.0688.